The van der Waals surface area contributed by atoms with Gasteiger partial charge in [-0.1, -0.05) is 11.6 Å². The molecule has 1 rings (SSSR count). The molecule has 48 valence electrons. The Bertz CT molecular complexity index is 185. The molecule has 0 saturated carbocycles. The van der Waals surface area contributed by atoms with Gasteiger partial charge in [0.1, 0.15) is 0 Å². The molecule has 9 heavy (non-hydrogen) atoms. The molecular formula is C6H5ClNO-. The third kappa shape index (κ3) is 1.59. The fourth-order valence-corrected chi connectivity index (χ4v) is 0.644. The molecule has 2 nitrogen and oxygen atoms in total. The van der Waals surface area contributed by atoms with E-state index in [9.17, 15) is 5.21 Å². The van der Waals surface area contributed by atoms with Crippen LogP contribution in [0.25, 0.3) is 0 Å². The molecule has 0 saturated heterocycles. The predicted molar refractivity (Wildman–Crippen MR) is 38.4 cm³/mol. The number of anilines is 1. The predicted octanol–water partition coefficient (Wildman–Crippen LogP) is 2.25. The van der Waals surface area contributed by atoms with Crippen molar-refractivity contribution in [1.82, 2.24) is 0 Å². The zero-order chi connectivity index (χ0) is 6.69. The monoisotopic (exact) mass is 142 g/mol. The molecular weight excluding hydrogens is 138 g/mol. The quantitative estimate of drug-likeness (QED) is 0.611. The highest BCUT2D eigenvalue weighted by molar-refractivity contribution is 6.30. The number of rotatable bonds is 1. The molecule has 0 radical (unpaired) electrons. The molecule has 0 bridgehead atoms. The average molecular weight is 143 g/mol. The smallest absolute Gasteiger partial charge is 0.0407 e. The van der Waals surface area contributed by atoms with Crippen LogP contribution in [-0.4, -0.2) is 0 Å². The van der Waals surface area contributed by atoms with E-state index in [1.54, 1.807) is 29.7 Å². The van der Waals surface area contributed by atoms with Crippen molar-refractivity contribution in [1.29, 1.82) is 0 Å². The maximum atomic E-state index is 9.95. The standard InChI is InChI=1S/C6H5ClNO/c7-5-1-3-6(8-9)4-2-5/h1-4,8H/q-1. The van der Waals surface area contributed by atoms with Crippen LogP contribution >= 0.6 is 11.6 Å². The molecule has 0 aromatic heterocycles. The zero-order valence-corrected chi connectivity index (χ0v) is 5.35. The topological polar surface area (TPSA) is 35.1 Å². The van der Waals surface area contributed by atoms with Crippen LogP contribution < -0.4 is 5.48 Å². The van der Waals surface area contributed by atoms with Crippen molar-refractivity contribution in [3.63, 3.8) is 0 Å². The summed E-state index contributed by atoms with van der Waals surface area (Å²) in [6.07, 6.45) is 0. The van der Waals surface area contributed by atoms with Gasteiger partial charge in [-0.05, 0) is 24.3 Å². The molecule has 0 aliphatic carbocycles. The Kier molecular flexibility index (Phi) is 1.92. The Hall–Kier alpha value is -0.730. The number of hydrogen-bond acceptors (Lipinski definition) is 2. The largest absolute Gasteiger partial charge is 0.761 e. The van der Waals surface area contributed by atoms with Gasteiger partial charge in [0.15, 0.2) is 0 Å². The van der Waals surface area contributed by atoms with Crippen molar-refractivity contribution in [2.75, 3.05) is 5.48 Å². The van der Waals surface area contributed by atoms with Gasteiger partial charge in [-0.25, -0.2) is 0 Å². The maximum Gasteiger partial charge on any atom is 0.0407 e. The summed E-state index contributed by atoms with van der Waals surface area (Å²) in [5.74, 6) is 0. The molecule has 3 heteroatoms. The van der Waals surface area contributed by atoms with Crippen molar-refractivity contribution in [3.05, 3.63) is 34.5 Å². The van der Waals surface area contributed by atoms with Crippen LogP contribution in [0.4, 0.5) is 5.69 Å². The van der Waals surface area contributed by atoms with Gasteiger partial charge in [0.25, 0.3) is 0 Å². The van der Waals surface area contributed by atoms with Crippen molar-refractivity contribution in [3.8, 4) is 0 Å². The summed E-state index contributed by atoms with van der Waals surface area (Å²) in [5.41, 5.74) is 2.27. The molecule has 0 unspecified atom stereocenters. The Morgan fingerprint density at radius 2 is 1.78 bits per heavy atom. The van der Waals surface area contributed by atoms with Crippen LogP contribution in [0.3, 0.4) is 0 Å². The number of halogens is 1. The summed E-state index contributed by atoms with van der Waals surface area (Å²) in [4.78, 5) is 0. The van der Waals surface area contributed by atoms with E-state index in [1.807, 2.05) is 0 Å². The fourth-order valence-electron chi connectivity index (χ4n) is 0.518. The number of nitrogens with one attached hydrogen (secondary N) is 1. The van der Waals surface area contributed by atoms with Crippen molar-refractivity contribution in [2.24, 2.45) is 0 Å². The second-order valence-corrected chi connectivity index (χ2v) is 2.05. The maximum absolute atomic E-state index is 9.95. The molecule has 0 fully saturated rings. The van der Waals surface area contributed by atoms with Gasteiger partial charge in [-0.15, -0.1) is 0 Å². The van der Waals surface area contributed by atoms with E-state index in [-0.39, 0.29) is 0 Å². The van der Waals surface area contributed by atoms with Crippen LogP contribution in [0.2, 0.25) is 5.02 Å². The molecule has 1 aromatic carbocycles. The van der Waals surface area contributed by atoms with Crippen molar-refractivity contribution in [2.45, 2.75) is 0 Å². The SMILES string of the molecule is [O-]Nc1ccc(Cl)cc1. The van der Waals surface area contributed by atoms with E-state index in [1.165, 1.54) is 0 Å². The summed E-state index contributed by atoms with van der Waals surface area (Å²) < 4.78 is 0. The van der Waals surface area contributed by atoms with Gasteiger partial charge in [-0.2, -0.15) is 0 Å². The lowest BCUT2D eigenvalue weighted by Crippen LogP contribution is -1.81. The first kappa shape index (κ1) is 6.39. The fraction of sp³-hybridized carbons (Fsp3) is 0. The Morgan fingerprint density at radius 3 is 2.22 bits per heavy atom. The Labute approximate surface area is 58.0 Å². The van der Waals surface area contributed by atoms with Crippen LogP contribution in [-0.2, 0) is 0 Å². The zero-order valence-electron chi connectivity index (χ0n) is 4.60. The second kappa shape index (κ2) is 2.71. The van der Waals surface area contributed by atoms with E-state index in [4.69, 9.17) is 11.6 Å². The number of hydrogen-bond donors (Lipinski definition) is 1. The van der Waals surface area contributed by atoms with Crippen molar-refractivity contribution < 1.29 is 0 Å². The van der Waals surface area contributed by atoms with E-state index >= 15 is 0 Å². The van der Waals surface area contributed by atoms with E-state index in [0.29, 0.717) is 10.7 Å². The van der Waals surface area contributed by atoms with Gasteiger partial charge in [0, 0.05) is 10.7 Å². The number of benzene rings is 1. The third-order valence-corrected chi connectivity index (χ3v) is 1.21. The first-order valence-corrected chi connectivity index (χ1v) is 2.84. The molecule has 0 heterocycles. The van der Waals surface area contributed by atoms with Gasteiger partial charge in [-0.3, -0.25) is 0 Å². The van der Waals surface area contributed by atoms with Crippen LogP contribution in [0.15, 0.2) is 24.3 Å². The van der Waals surface area contributed by atoms with Gasteiger partial charge < -0.3 is 10.7 Å². The third-order valence-electron chi connectivity index (χ3n) is 0.962. The summed E-state index contributed by atoms with van der Waals surface area (Å²) >= 11 is 5.54. The molecule has 1 N–H and O–H groups in total. The summed E-state index contributed by atoms with van der Waals surface area (Å²) in [7, 11) is 0. The van der Waals surface area contributed by atoms with Gasteiger partial charge in [0.05, 0.1) is 0 Å². The highest BCUT2D eigenvalue weighted by atomic mass is 35.5. The molecule has 1 aromatic rings. The molecule has 0 spiro atoms. The minimum Gasteiger partial charge on any atom is -0.761 e. The minimum absolute atomic E-state index is 0.527. The first-order chi connectivity index (χ1) is 4.33. The average Bonchev–Trinajstić information content (AvgIpc) is 1.90. The summed E-state index contributed by atoms with van der Waals surface area (Å²) in [6, 6.07) is 6.55. The van der Waals surface area contributed by atoms with E-state index < -0.39 is 0 Å². The molecule has 0 aliphatic rings. The van der Waals surface area contributed by atoms with Crippen molar-refractivity contribution >= 4 is 17.3 Å². The van der Waals surface area contributed by atoms with Crippen LogP contribution in [0, 0.1) is 5.21 Å². The Morgan fingerprint density at radius 1 is 1.22 bits per heavy atom. The Balaban J connectivity index is 2.88. The van der Waals surface area contributed by atoms with Gasteiger partial charge >= 0.3 is 0 Å². The second-order valence-electron chi connectivity index (χ2n) is 1.61. The lowest BCUT2D eigenvalue weighted by atomic mass is 10.3. The first-order valence-electron chi connectivity index (χ1n) is 2.46. The van der Waals surface area contributed by atoms with E-state index in [2.05, 4.69) is 0 Å². The van der Waals surface area contributed by atoms with E-state index in [0.717, 1.165) is 0 Å². The normalized spacial score (nSPS) is 9.11. The molecule has 0 atom stereocenters. The van der Waals surface area contributed by atoms with Crippen LogP contribution in [0.1, 0.15) is 0 Å². The minimum atomic E-state index is 0.527. The lowest BCUT2D eigenvalue weighted by Gasteiger charge is -2.07. The lowest BCUT2D eigenvalue weighted by molar-refractivity contribution is 1.60. The summed E-state index contributed by atoms with van der Waals surface area (Å²) in [5, 5.41) is 10.6. The highest BCUT2D eigenvalue weighted by Crippen LogP contribution is 2.12. The molecule has 0 aliphatic heterocycles. The van der Waals surface area contributed by atoms with Crippen LogP contribution in [0.5, 0.6) is 0 Å². The van der Waals surface area contributed by atoms with Gasteiger partial charge in [0.2, 0.25) is 0 Å². The summed E-state index contributed by atoms with van der Waals surface area (Å²) in [6.45, 7) is 0. The highest BCUT2D eigenvalue weighted by Gasteiger charge is 1.83. The molecule has 0 amide bonds.